The van der Waals surface area contributed by atoms with Gasteiger partial charge in [-0.15, -0.1) is 0 Å². The largest absolute Gasteiger partial charge is 0.464 e. The zero-order valence-corrected chi connectivity index (χ0v) is 5.91. The average Bonchev–Trinajstić information content (AvgIpc) is 2.15. The fourth-order valence-corrected chi connectivity index (χ4v) is 0.765. The van der Waals surface area contributed by atoms with Crippen molar-refractivity contribution in [1.82, 2.24) is 0 Å². The molecule has 0 unspecified atom stereocenters. The number of aliphatic hydroxyl groups is 1. The van der Waals surface area contributed by atoms with Crippen LogP contribution in [0.2, 0.25) is 10.0 Å². The van der Waals surface area contributed by atoms with Gasteiger partial charge in [0.2, 0.25) is 0 Å². The number of furan rings is 1. The van der Waals surface area contributed by atoms with Crippen molar-refractivity contribution in [1.29, 1.82) is 0 Å². The van der Waals surface area contributed by atoms with E-state index < -0.39 is 0 Å². The molecule has 0 saturated carbocycles. The Hall–Kier alpha value is -0.180. The van der Waals surface area contributed by atoms with Gasteiger partial charge in [-0.1, -0.05) is 23.2 Å². The van der Waals surface area contributed by atoms with Crippen molar-refractivity contribution in [3.63, 3.8) is 0 Å². The van der Waals surface area contributed by atoms with Gasteiger partial charge in [-0.3, -0.25) is 0 Å². The molecule has 0 aliphatic rings. The lowest BCUT2D eigenvalue weighted by Gasteiger charge is -1.85. The van der Waals surface area contributed by atoms with Gasteiger partial charge in [0, 0.05) is 0 Å². The molecule has 0 spiro atoms. The van der Waals surface area contributed by atoms with Gasteiger partial charge < -0.3 is 9.52 Å². The third-order valence-corrected chi connectivity index (χ3v) is 1.69. The zero-order chi connectivity index (χ0) is 6.85. The maximum atomic E-state index is 8.49. The molecule has 0 aliphatic carbocycles. The predicted molar refractivity (Wildman–Crippen MR) is 34.7 cm³/mol. The minimum absolute atomic E-state index is 0.217. The molecule has 0 amide bonds. The van der Waals surface area contributed by atoms with E-state index in [2.05, 4.69) is 0 Å². The highest BCUT2D eigenvalue weighted by molar-refractivity contribution is 6.42. The first-order chi connectivity index (χ1) is 4.25. The van der Waals surface area contributed by atoms with Gasteiger partial charge in [0.1, 0.15) is 23.7 Å². The Balaban J connectivity index is 3.04. The summed E-state index contributed by atoms with van der Waals surface area (Å²) in [6.07, 6.45) is 1.29. The quantitative estimate of drug-likeness (QED) is 0.694. The second-order valence-corrected chi connectivity index (χ2v) is 2.26. The summed E-state index contributed by atoms with van der Waals surface area (Å²) in [5.41, 5.74) is 0. The molecule has 1 rings (SSSR count). The maximum Gasteiger partial charge on any atom is 0.149 e. The van der Waals surface area contributed by atoms with Crippen LogP contribution in [0.15, 0.2) is 10.7 Å². The van der Waals surface area contributed by atoms with Crippen molar-refractivity contribution in [3.05, 3.63) is 22.1 Å². The van der Waals surface area contributed by atoms with Crippen LogP contribution in [0.3, 0.4) is 0 Å². The van der Waals surface area contributed by atoms with Crippen molar-refractivity contribution in [2.75, 3.05) is 0 Å². The maximum absolute atomic E-state index is 8.49. The Morgan fingerprint density at radius 2 is 2.22 bits per heavy atom. The molecule has 0 bridgehead atoms. The topological polar surface area (TPSA) is 33.4 Å². The summed E-state index contributed by atoms with van der Waals surface area (Å²) in [6.45, 7) is -0.217. The highest BCUT2D eigenvalue weighted by Crippen LogP contribution is 2.27. The molecule has 4 heteroatoms. The Kier molecular flexibility index (Phi) is 2.01. The third kappa shape index (κ3) is 1.21. The molecule has 0 aromatic carbocycles. The van der Waals surface area contributed by atoms with Gasteiger partial charge >= 0.3 is 0 Å². The molecule has 1 N–H and O–H groups in total. The lowest BCUT2D eigenvalue weighted by atomic mass is 10.5. The van der Waals surface area contributed by atoms with Crippen molar-refractivity contribution in [2.24, 2.45) is 0 Å². The van der Waals surface area contributed by atoms with Gasteiger partial charge in [-0.05, 0) is 0 Å². The first-order valence-electron chi connectivity index (χ1n) is 2.28. The van der Waals surface area contributed by atoms with Crippen LogP contribution in [0.25, 0.3) is 0 Å². The van der Waals surface area contributed by atoms with E-state index in [1.165, 1.54) is 6.26 Å². The van der Waals surface area contributed by atoms with Crippen LogP contribution in [0.5, 0.6) is 0 Å². The summed E-state index contributed by atoms with van der Waals surface area (Å²) in [5.74, 6) is 0.307. The van der Waals surface area contributed by atoms with E-state index in [9.17, 15) is 0 Å². The van der Waals surface area contributed by atoms with E-state index >= 15 is 0 Å². The minimum Gasteiger partial charge on any atom is -0.464 e. The summed E-state index contributed by atoms with van der Waals surface area (Å²) in [5, 5.41) is 9.12. The molecule has 0 aliphatic heterocycles. The summed E-state index contributed by atoms with van der Waals surface area (Å²) in [4.78, 5) is 0. The van der Waals surface area contributed by atoms with Gasteiger partial charge in [-0.25, -0.2) is 0 Å². The molecule has 0 atom stereocenters. The standard InChI is InChI=1S/C5H4Cl2O2/c6-3-2-9-4(1-8)5(3)7/h2,8H,1H2. The van der Waals surface area contributed by atoms with Crippen LogP contribution in [0.4, 0.5) is 0 Å². The van der Waals surface area contributed by atoms with E-state index in [0.29, 0.717) is 15.8 Å². The Labute approximate surface area is 62.0 Å². The van der Waals surface area contributed by atoms with E-state index in [4.69, 9.17) is 32.7 Å². The third-order valence-electron chi connectivity index (χ3n) is 0.903. The van der Waals surface area contributed by atoms with E-state index in [0.717, 1.165) is 0 Å². The monoisotopic (exact) mass is 166 g/mol. The summed E-state index contributed by atoms with van der Waals surface area (Å²) in [7, 11) is 0. The highest BCUT2D eigenvalue weighted by atomic mass is 35.5. The SMILES string of the molecule is OCc1occ(Cl)c1Cl. The van der Waals surface area contributed by atoms with Crippen molar-refractivity contribution < 1.29 is 9.52 Å². The Morgan fingerprint density at radius 1 is 1.56 bits per heavy atom. The minimum atomic E-state index is -0.217. The smallest absolute Gasteiger partial charge is 0.149 e. The molecule has 0 radical (unpaired) electrons. The molecule has 1 aromatic heterocycles. The van der Waals surface area contributed by atoms with E-state index in [1.54, 1.807) is 0 Å². The first-order valence-corrected chi connectivity index (χ1v) is 3.03. The fraction of sp³-hybridized carbons (Fsp3) is 0.200. The van der Waals surface area contributed by atoms with Crippen LogP contribution in [0, 0.1) is 0 Å². The molecule has 9 heavy (non-hydrogen) atoms. The fourth-order valence-electron chi connectivity index (χ4n) is 0.466. The van der Waals surface area contributed by atoms with Crippen LogP contribution >= 0.6 is 23.2 Å². The van der Waals surface area contributed by atoms with Crippen molar-refractivity contribution in [2.45, 2.75) is 6.61 Å². The number of halogens is 2. The average molecular weight is 167 g/mol. The molecule has 0 saturated heterocycles. The number of hydrogen-bond donors (Lipinski definition) is 1. The van der Waals surface area contributed by atoms with Gasteiger partial charge in [0.25, 0.3) is 0 Å². The summed E-state index contributed by atoms with van der Waals surface area (Å²) in [6, 6.07) is 0. The first kappa shape index (κ1) is 6.93. The number of aliphatic hydroxyl groups excluding tert-OH is 1. The van der Waals surface area contributed by atoms with E-state index in [1.807, 2.05) is 0 Å². The highest BCUT2D eigenvalue weighted by Gasteiger charge is 2.06. The van der Waals surface area contributed by atoms with Crippen LogP contribution < -0.4 is 0 Å². The Bertz CT molecular complexity index is 207. The van der Waals surface area contributed by atoms with Gasteiger partial charge in [0.15, 0.2) is 0 Å². The summed E-state index contributed by atoms with van der Waals surface area (Å²) >= 11 is 11.0. The normalized spacial score (nSPS) is 10.1. The molecule has 50 valence electrons. The summed E-state index contributed by atoms with van der Waals surface area (Å²) < 4.78 is 4.73. The van der Waals surface area contributed by atoms with Gasteiger partial charge in [-0.2, -0.15) is 0 Å². The lowest BCUT2D eigenvalue weighted by Crippen LogP contribution is -1.76. The number of rotatable bonds is 1. The molecular weight excluding hydrogens is 163 g/mol. The van der Waals surface area contributed by atoms with Crippen molar-refractivity contribution >= 4 is 23.2 Å². The molecule has 1 aromatic rings. The zero-order valence-electron chi connectivity index (χ0n) is 4.40. The molecular formula is C5H4Cl2O2. The lowest BCUT2D eigenvalue weighted by molar-refractivity contribution is 0.247. The molecule has 1 heterocycles. The van der Waals surface area contributed by atoms with Gasteiger partial charge in [0.05, 0.1) is 5.02 Å². The second-order valence-electron chi connectivity index (χ2n) is 1.48. The predicted octanol–water partition coefficient (Wildman–Crippen LogP) is 2.08. The molecule has 0 fully saturated rings. The number of hydrogen-bond acceptors (Lipinski definition) is 2. The van der Waals surface area contributed by atoms with Crippen LogP contribution in [0.1, 0.15) is 5.76 Å². The van der Waals surface area contributed by atoms with Crippen LogP contribution in [-0.2, 0) is 6.61 Å². The Morgan fingerprint density at radius 3 is 2.44 bits per heavy atom. The second kappa shape index (κ2) is 2.60. The molecule has 2 nitrogen and oxygen atoms in total. The van der Waals surface area contributed by atoms with E-state index in [-0.39, 0.29) is 6.61 Å². The van der Waals surface area contributed by atoms with Crippen LogP contribution in [-0.4, -0.2) is 5.11 Å². The van der Waals surface area contributed by atoms with Crippen molar-refractivity contribution in [3.8, 4) is 0 Å².